The molecule has 1 unspecified atom stereocenters. The number of pyridine rings is 1. The van der Waals surface area contributed by atoms with Gasteiger partial charge in [0.05, 0.1) is 31.2 Å². The van der Waals surface area contributed by atoms with Crippen molar-refractivity contribution in [1.29, 1.82) is 0 Å². The summed E-state index contributed by atoms with van der Waals surface area (Å²) in [6.07, 6.45) is -1.31. The van der Waals surface area contributed by atoms with Gasteiger partial charge in [-0.2, -0.15) is 13.2 Å². The monoisotopic (exact) mass is 628 g/mol. The van der Waals surface area contributed by atoms with Crippen LogP contribution < -0.4 is 20.3 Å². The molecule has 3 heterocycles. The van der Waals surface area contributed by atoms with Crippen LogP contribution in [-0.4, -0.2) is 56.6 Å². The molecule has 3 aromatic rings. The number of hydrogen-bond acceptors (Lipinski definition) is 8. The molecule has 9 nitrogen and oxygen atoms in total. The number of aromatic nitrogens is 1. The Kier molecular flexibility index (Phi) is 10.2. The third-order valence-electron chi connectivity index (χ3n) is 6.59. The fourth-order valence-corrected chi connectivity index (χ4v) is 5.72. The molecule has 0 bridgehead atoms. The lowest BCUT2D eigenvalue weighted by atomic mass is 9.85. The third-order valence-corrected chi connectivity index (χ3v) is 7.81. The molecule has 42 heavy (non-hydrogen) atoms. The average molecular weight is 629 g/mol. The number of alkyl halides is 3. The summed E-state index contributed by atoms with van der Waals surface area (Å²) in [5, 5.41) is 3.24. The zero-order valence-electron chi connectivity index (χ0n) is 22.6. The van der Waals surface area contributed by atoms with Gasteiger partial charge in [-0.25, -0.2) is 4.79 Å². The highest BCUT2D eigenvalue weighted by molar-refractivity contribution is 7.18. The number of H-pyrrole nitrogens is 1. The topological polar surface area (TPSA) is 116 Å². The Hall–Kier alpha value is -3.55. The van der Waals surface area contributed by atoms with Gasteiger partial charge in [0, 0.05) is 34.5 Å². The minimum atomic E-state index is -4.64. The summed E-state index contributed by atoms with van der Waals surface area (Å²) in [7, 11) is 2.56. The molecular weight excluding hydrogens is 601 g/mol. The minimum Gasteiger partial charge on any atom is -0.495 e. The zero-order valence-corrected chi connectivity index (χ0v) is 24.2. The summed E-state index contributed by atoms with van der Waals surface area (Å²) in [5.74, 6) is -2.46. The molecule has 0 radical (unpaired) electrons. The Labute approximate surface area is 247 Å². The zero-order chi connectivity index (χ0) is 30.4. The van der Waals surface area contributed by atoms with Crippen LogP contribution >= 0.6 is 22.9 Å². The van der Waals surface area contributed by atoms with E-state index in [-0.39, 0.29) is 50.6 Å². The highest BCUT2D eigenvalue weighted by atomic mass is 35.5. The normalized spacial score (nSPS) is 16.0. The van der Waals surface area contributed by atoms with Gasteiger partial charge in [-0.3, -0.25) is 9.59 Å². The van der Waals surface area contributed by atoms with E-state index in [4.69, 9.17) is 30.5 Å². The van der Waals surface area contributed by atoms with Crippen molar-refractivity contribution < 1.29 is 41.7 Å². The molecule has 2 N–H and O–H groups in total. The van der Waals surface area contributed by atoms with Gasteiger partial charge in [-0.05, 0) is 56.0 Å². The summed E-state index contributed by atoms with van der Waals surface area (Å²) >= 11 is 7.24. The van der Waals surface area contributed by atoms with Crippen molar-refractivity contribution >= 4 is 39.8 Å². The Balaban J connectivity index is 1.85. The van der Waals surface area contributed by atoms with Crippen LogP contribution in [0.2, 0.25) is 5.02 Å². The van der Waals surface area contributed by atoms with Crippen LogP contribution in [0.4, 0.5) is 18.2 Å². The van der Waals surface area contributed by atoms with Gasteiger partial charge >= 0.3 is 12.1 Å². The number of methoxy groups -OCH3 is 2. The van der Waals surface area contributed by atoms with Gasteiger partial charge in [-0.1, -0.05) is 11.6 Å². The van der Waals surface area contributed by atoms with Crippen LogP contribution in [-0.2, 0) is 14.3 Å². The molecule has 2 aromatic heterocycles. The lowest BCUT2D eigenvalue weighted by Gasteiger charge is -2.28. The molecule has 0 saturated carbocycles. The van der Waals surface area contributed by atoms with Gasteiger partial charge in [-0.15, -0.1) is 11.3 Å². The number of benzene rings is 1. The number of amides is 1. The SMILES string of the molecule is COC(=O)c1ccc(NC(=O)C(C[C@@H]2CCCCO2)c2c(-c3cc(Cl)ccc3OCC(F)(F)F)c(OC)c[nH]c2=O)s1. The van der Waals surface area contributed by atoms with Crippen LogP contribution in [0.3, 0.4) is 0 Å². The minimum absolute atomic E-state index is 0.0381. The van der Waals surface area contributed by atoms with Crippen molar-refractivity contribution in [3.05, 3.63) is 62.3 Å². The largest absolute Gasteiger partial charge is 0.495 e. The number of anilines is 1. The molecule has 1 amide bonds. The number of thiophene rings is 1. The fourth-order valence-electron chi connectivity index (χ4n) is 4.72. The van der Waals surface area contributed by atoms with Crippen molar-refractivity contribution in [2.45, 2.75) is 43.9 Å². The number of esters is 1. The molecule has 0 aliphatic carbocycles. The lowest BCUT2D eigenvalue weighted by Crippen LogP contribution is -2.32. The van der Waals surface area contributed by atoms with Crippen molar-refractivity contribution in [1.82, 2.24) is 4.98 Å². The predicted molar refractivity (Wildman–Crippen MR) is 151 cm³/mol. The molecule has 4 rings (SSSR count). The van der Waals surface area contributed by atoms with Crippen molar-refractivity contribution in [2.24, 2.45) is 0 Å². The number of carbonyl (C=O) groups is 2. The molecule has 0 spiro atoms. The quantitative estimate of drug-likeness (QED) is 0.258. The van der Waals surface area contributed by atoms with Gasteiger partial charge in [0.15, 0.2) is 6.61 Å². The number of carbonyl (C=O) groups excluding carboxylic acids is 2. The number of aromatic amines is 1. The van der Waals surface area contributed by atoms with E-state index in [2.05, 4.69) is 10.3 Å². The molecule has 1 aliphatic rings. The van der Waals surface area contributed by atoms with Crippen molar-refractivity contribution in [3.8, 4) is 22.6 Å². The summed E-state index contributed by atoms with van der Waals surface area (Å²) in [4.78, 5) is 42.2. The Morgan fingerprint density at radius 3 is 2.64 bits per heavy atom. The predicted octanol–water partition coefficient (Wildman–Crippen LogP) is 6.17. The molecule has 1 aromatic carbocycles. The molecule has 1 saturated heterocycles. The van der Waals surface area contributed by atoms with Crippen LogP contribution in [0.5, 0.6) is 11.5 Å². The van der Waals surface area contributed by atoms with Gasteiger partial charge in [0.2, 0.25) is 5.91 Å². The highest BCUT2D eigenvalue weighted by Crippen LogP contribution is 2.43. The van der Waals surface area contributed by atoms with Crippen LogP contribution in [0.15, 0.2) is 41.3 Å². The first kappa shape index (κ1) is 31.4. The number of rotatable bonds is 10. The first-order chi connectivity index (χ1) is 20.0. The van der Waals surface area contributed by atoms with Gasteiger partial charge in [0.25, 0.3) is 5.56 Å². The molecule has 1 fully saturated rings. The van der Waals surface area contributed by atoms with Gasteiger partial charge < -0.3 is 29.2 Å². The molecule has 2 atom stereocenters. The van der Waals surface area contributed by atoms with E-state index in [1.807, 2.05) is 0 Å². The third kappa shape index (κ3) is 7.64. The second-order valence-electron chi connectivity index (χ2n) is 9.44. The Morgan fingerprint density at radius 1 is 1.19 bits per heavy atom. The van der Waals surface area contributed by atoms with Crippen molar-refractivity contribution in [3.63, 3.8) is 0 Å². The maximum absolute atomic E-state index is 13.9. The Morgan fingerprint density at radius 2 is 1.98 bits per heavy atom. The summed E-state index contributed by atoms with van der Waals surface area (Å²) < 4.78 is 60.5. The first-order valence-electron chi connectivity index (χ1n) is 12.9. The summed E-state index contributed by atoms with van der Waals surface area (Å²) in [5.41, 5.74) is -0.635. The molecule has 226 valence electrons. The van der Waals surface area contributed by atoms with E-state index in [1.165, 1.54) is 50.7 Å². The van der Waals surface area contributed by atoms with Crippen LogP contribution in [0.1, 0.15) is 46.8 Å². The molecule has 1 aliphatic heterocycles. The first-order valence-corrected chi connectivity index (χ1v) is 14.1. The van der Waals surface area contributed by atoms with Crippen LogP contribution in [0, 0.1) is 0 Å². The number of nitrogens with one attached hydrogen (secondary N) is 2. The van der Waals surface area contributed by atoms with E-state index >= 15 is 0 Å². The maximum Gasteiger partial charge on any atom is 0.422 e. The second kappa shape index (κ2) is 13.6. The van der Waals surface area contributed by atoms with Crippen LogP contribution in [0.25, 0.3) is 11.1 Å². The lowest BCUT2D eigenvalue weighted by molar-refractivity contribution is -0.153. The van der Waals surface area contributed by atoms with E-state index in [1.54, 1.807) is 0 Å². The smallest absolute Gasteiger partial charge is 0.422 e. The number of ether oxygens (including phenoxy) is 4. The van der Waals surface area contributed by atoms with E-state index < -0.39 is 36.1 Å². The van der Waals surface area contributed by atoms with E-state index in [9.17, 15) is 27.6 Å². The number of halogens is 4. The maximum atomic E-state index is 13.9. The highest BCUT2D eigenvalue weighted by Gasteiger charge is 2.34. The summed E-state index contributed by atoms with van der Waals surface area (Å²) in [6.45, 7) is -1.11. The average Bonchev–Trinajstić information content (AvgIpc) is 3.43. The summed E-state index contributed by atoms with van der Waals surface area (Å²) in [6, 6.07) is 6.98. The fraction of sp³-hybridized carbons (Fsp3) is 0.393. The second-order valence-corrected chi connectivity index (χ2v) is 11.0. The van der Waals surface area contributed by atoms with Gasteiger partial charge in [0.1, 0.15) is 16.4 Å². The van der Waals surface area contributed by atoms with E-state index in [0.717, 1.165) is 24.2 Å². The standard InChI is InChI=1S/C28H28ClF3N2O7S/c1-38-20-13-33-26(36)24(23(20)17-11-15(29)6-7-19(17)41-14-28(30,31)32)18(12-16-5-3-4-10-40-16)25(35)34-22-9-8-21(42-22)27(37)39-2/h6-9,11,13,16,18H,3-5,10,12,14H2,1-2H3,(H,33,36)(H,34,35)/t16-,18?/m0/s1. The number of hydrogen-bond donors (Lipinski definition) is 2. The molecular formula is C28H28ClF3N2O7S. The van der Waals surface area contributed by atoms with Crippen molar-refractivity contribution in [2.75, 3.05) is 32.8 Å². The van der Waals surface area contributed by atoms with E-state index in [0.29, 0.717) is 18.0 Å². The Bertz CT molecular complexity index is 1480. The molecule has 14 heteroatoms.